The van der Waals surface area contributed by atoms with Crippen LogP contribution in [-0.2, 0) is 4.74 Å². The number of ether oxygens (including phenoxy) is 1. The topological polar surface area (TPSA) is 53.0 Å². The number of aliphatic hydroxyl groups is 1. The number of hydrogen-bond donors (Lipinski definition) is 1. The fourth-order valence-corrected chi connectivity index (χ4v) is 3.80. The molecule has 2 aliphatic heterocycles. The summed E-state index contributed by atoms with van der Waals surface area (Å²) in [6.07, 6.45) is -0.450. The largest absolute Gasteiger partial charge is 0.390 e. The molecule has 1 atom stereocenters. The predicted molar refractivity (Wildman–Crippen MR) is 81.5 cm³/mol. The summed E-state index contributed by atoms with van der Waals surface area (Å²) in [5.74, 6) is 0.128. The van der Waals surface area contributed by atoms with E-state index in [-0.39, 0.29) is 5.78 Å². The van der Waals surface area contributed by atoms with Crippen LogP contribution in [-0.4, -0.2) is 72.1 Å². The highest BCUT2D eigenvalue weighted by molar-refractivity contribution is 7.97. The van der Waals surface area contributed by atoms with E-state index < -0.39 is 6.10 Å². The summed E-state index contributed by atoms with van der Waals surface area (Å²) in [4.78, 5) is 15.3. The van der Waals surface area contributed by atoms with Crippen molar-refractivity contribution >= 4 is 17.7 Å². The Morgan fingerprint density at radius 1 is 1.24 bits per heavy atom. The van der Waals surface area contributed by atoms with Crippen LogP contribution in [0.5, 0.6) is 0 Å². The van der Waals surface area contributed by atoms with Crippen molar-refractivity contribution in [2.75, 3.05) is 45.9 Å². The van der Waals surface area contributed by atoms with Crippen LogP contribution in [0.4, 0.5) is 0 Å². The molecule has 0 radical (unpaired) electrons. The molecule has 0 saturated carbocycles. The van der Waals surface area contributed by atoms with Gasteiger partial charge in [0.2, 0.25) is 0 Å². The Balaban J connectivity index is 1.55. The summed E-state index contributed by atoms with van der Waals surface area (Å²) in [6, 6.07) is 7.65. The fraction of sp³-hybridized carbons (Fsp3) is 0.533. The van der Waals surface area contributed by atoms with Gasteiger partial charge in [0.15, 0.2) is 5.78 Å². The van der Waals surface area contributed by atoms with Crippen LogP contribution >= 0.6 is 11.9 Å². The number of ketones is 1. The number of benzene rings is 1. The highest BCUT2D eigenvalue weighted by Gasteiger charge is 2.26. The average molecular weight is 308 g/mol. The van der Waals surface area contributed by atoms with Gasteiger partial charge in [0, 0.05) is 36.6 Å². The maximum atomic E-state index is 12.1. The Morgan fingerprint density at radius 3 is 2.81 bits per heavy atom. The van der Waals surface area contributed by atoms with Crippen molar-refractivity contribution in [1.29, 1.82) is 0 Å². The van der Waals surface area contributed by atoms with E-state index in [0.717, 1.165) is 36.8 Å². The quantitative estimate of drug-likeness (QED) is 0.834. The summed E-state index contributed by atoms with van der Waals surface area (Å²) in [5.41, 5.74) is 0.793. The minimum atomic E-state index is -0.450. The number of β-amino-alcohol motifs (C(OH)–C–C–N with tert-alkyl or cyclic N) is 1. The Hall–Kier alpha value is -0.920. The molecule has 0 bridgehead atoms. The molecule has 5 nitrogen and oxygen atoms in total. The van der Waals surface area contributed by atoms with Crippen molar-refractivity contribution in [2.45, 2.75) is 11.0 Å². The molecule has 0 amide bonds. The molecule has 2 aliphatic rings. The first-order valence-electron chi connectivity index (χ1n) is 7.25. The summed E-state index contributed by atoms with van der Waals surface area (Å²) in [6.45, 7) is 4.70. The van der Waals surface area contributed by atoms with Gasteiger partial charge in [0.05, 0.1) is 25.9 Å². The van der Waals surface area contributed by atoms with Gasteiger partial charge in [-0.05, 0) is 18.0 Å². The Kier molecular flexibility index (Phi) is 4.92. The minimum Gasteiger partial charge on any atom is -0.390 e. The summed E-state index contributed by atoms with van der Waals surface area (Å²) < 4.78 is 7.26. The minimum absolute atomic E-state index is 0.128. The van der Waals surface area contributed by atoms with E-state index in [4.69, 9.17) is 4.74 Å². The van der Waals surface area contributed by atoms with Crippen LogP contribution in [0, 0.1) is 0 Å². The number of aliphatic hydroxyl groups excluding tert-OH is 1. The molecule has 1 fully saturated rings. The lowest BCUT2D eigenvalue weighted by molar-refractivity contribution is 0.0120. The van der Waals surface area contributed by atoms with Gasteiger partial charge in [0.1, 0.15) is 0 Å². The van der Waals surface area contributed by atoms with E-state index in [1.54, 1.807) is 11.9 Å². The third-order valence-electron chi connectivity index (χ3n) is 3.72. The van der Waals surface area contributed by atoms with E-state index >= 15 is 0 Å². The monoisotopic (exact) mass is 308 g/mol. The maximum Gasteiger partial charge on any atom is 0.178 e. The van der Waals surface area contributed by atoms with Gasteiger partial charge < -0.3 is 9.84 Å². The number of rotatable bonds is 4. The van der Waals surface area contributed by atoms with Gasteiger partial charge >= 0.3 is 0 Å². The first kappa shape index (κ1) is 15.0. The average Bonchev–Trinajstić information content (AvgIpc) is 2.48. The number of carbonyl (C=O) groups is 1. The van der Waals surface area contributed by atoms with Crippen molar-refractivity contribution in [1.82, 2.24) is 9.21 Å². The number of carbonyl (C=O) groups excluding carboxylic acids is 1. The first-order valence-corrected chi connectivity index (χ1v) is 8.03. The highest BCUT2D eigenvalue weighted by Crippen LogP contribution is 2.31. The molecule has 0 aromatic heterocycles. The normalized spacial score (nSPS) is 22.0. The van der Waals surface area contributed by atoms with Gasteiger partial charge in [-0.15, -0.1) is 0 Å². The lowest BCUT2D eigenvalue weighted by Gasteiger charge is -2.32. The van der Waals surface area contributed by atoms with Gasteiger partial charge in [-0.2, -0.15) is 0 Å². The molecule has 21 heavy (non-hydrogen) atoms. The molecule has 1 N–H and O–H groups in total. The van der Waals surface area contributed by atoms with E-state index in [9.17, 15) is 9.90 Å². The fourth-order valence-electron chi connectivity index (χ4n) is 2.67. The lowest BCUT2D eigenvalue weighted by Crippen LogP contribution is -2.44. The summed E-state index contributed by atoms with van der Waals surface area (Å²) in [5, 5.41) is 10.2. The standard InChI is InChI=1S/C15H20N2O3S/c18-12(9-16-5-7-20-8-6-16)10-17-11-14(19)13-3-1-2-4-15(13)21-17/h1-4,12,18H,5-11H2. The molecule has 6 heteroatoms. The van der Waals surface area contributed by atoms with E-state index in [0.29, 0.717) is 19.6 Å². The number of nitrogens with zero attached hydrogens (tertiary/aromatic N) is 2. The van der Waals surface area contributed by atoms with Crippen molar-refractivity contribution < 1.29 is 14.6 Å². The van der Waals surface area contributed by atoms with Gasteiger partial charge in [-0.25, -0.2) is 4.31 Å². The SMILES string of the molecule is O=C1CN(CC(O)CN2CCOCC2)Sc2ccccc21. The van der Waals surface area contributed by atoms with Crippen molar-refractivity contribution in [3.05, 3.63) is 29.8 Å². The van der Waals surface area contributed by atoms with Crippen LogP contribution in [0.1, 0.15) is 10.4 Å². The van der Waals surface area contributed by atoms with Crippen LogP contribution in [0.15, 0.2) is 29.2 Å². The summed E-state index contributed by atoms with van der Waals surface area (Å²) >= 11 is 1.56. The van der Waals surface area contributed by atoms with Crippen LogP contribution in [0.3, 0.4) is 0 Å². The molecule has 0 spiro atoms. The molecule has 1 aromatic carbocycles. The molecular weight excluding hydrogens is 288 g/mol. The zero-order valence-electron chi connectivity index (χ0n) is 11.9. The third-order valence-corrected chi connectivity index (χ3v) is 4.81. The number of fused-ring (bicyclic) bond motifs is 1. The molecule has 1 saturated heterocycles. The van der Waals surface area contributed by atoms with E-state index in [1.807, 2.05) is 28.6 Å². The Bertz CT molecular complexity index is 505. The third kappa shape index (κ3) is 3.84. The second kappa shape index (κ2) is 6.89. The van der Waals surface area contributed by atoms with Crippen LogP contribution in [0.2, 0.25) is 0 Å². The zero-order valence-corrected chi connectivity index (χ0v) is 12.7. The molecule has 0 aliphatic carbocycles. The Morgan fingerprint density at radius 2 is 2.00 bits per heavy atom. The number of morpholine rings is 1. The predicted octanol–water partition coefficient (Wildman–Crippen LogP) is 0.885. The summed E-state index contributed by atoms with van der Waals surface area (Å²) in [7, 11) is 0. The highest BCUT2D eigenvalue weighted by atomic mass is 32.2. The molecule has 3 rings (SSSR count). The van der Waals surface area contributed by atoms with E-state index in [2.05, 4.69) is 4.90 Å². The van der Waals surface area contributed by atoms with Gasteiger partial charge in [-0.1, -0.05) is 18.2 Å². The molecule has 114 valence electrons. The van der Waals surface area contributed by atoms with Gasteiger partial charge in [-0.3, -0.25) is 9.69 Å². The molecule has 2 heterocycles. The molecule has 1 unspecified atom stereocenters. The van der Waals surface area contributed by atoms with Crippen LogP contribution < -0.4 is 0 Å². The lowest BCUT2D eigenvalue weighted by atomic mass is 10.1. The van der Waals surface area contributed by atoms with Crippen molar-refractivity contribution in [2.24, 2.45) is 0 Å². The molecular formula is C15H20N2O3S. The zero-order chi connectivity index (χ0) is 14.7. The maximum absolute atomic E-state index is 12.1. The second-order valence-corrected chi connectivity index (χ2v) is 6.54. The van der Waals surface area contributed by atoms with Crippen molar-refractivity contribution in [3.8, 4) is 0 Å². The Labute approximate surface area is 129 Å². The second-order valence-electron chi connectivity index (χ2n) is 5.40. The van der Waals surface area contributed by atoms with Crippen LogP contribution in [0.25, 0.3) is 0 Å². The smallest absolute Gasteiger partial charge is 0.178 e. The van der Waals surface area contributed by atoms with Crippen molar-refractivity contribution in [3.63, 3.8) is 0 Å². The molecule has 1 aromatic rings. The van der Waals surface area contributed by atoms with Gasteiger partial charge in [0.25, 0.3) is 0 Å². The number of hydrogen-bond acceptors (Lipinski definition) is 6. The first-order chi connectivity index (χ1) is 10.2. The number of Topliss-reactive ketones (excluding diaryl/α,β-unsaturated/α-hetero) is 1. The van der Waals surface area contributed by atoms with E-state index in [1.165, 1.54) is 0 Å².